The molecular weight excluding hydrogens is 471 g/mol. The number of rotatable bonds is 7. The molecule has 8 nitrogen and oxygen atoms in total. The molecule has 4 heterocycles. The largest absolute Gasteiger partial charge is 0.484 e. The number of piperidine rings is 1. The van der Waals surface area contributed by atoms with Gasteiger partial charge in [-0.05, 0) is 37.0 Å². The minimum atomic E-state index is -0.537. The monoisotopic (exact) mass is 494 g/mol. The highest BCUT2D eigenvalue weighted by Gasteiger charge is 2.24. The normalized spacial score (nSPS) is 15.8. The predicted molar refractivity (Wildman–Crippen MR) is 132 cm³/mol. The van der Waals surface area contributed by atoms with Gasteiger partial charge in [0.15, 0.2) is 24.1 Å². The van der Waals surface area contributed by atoms with Crippen molar-refractivity contribution in [2.75, 3.05) is 31.6 Å². The lowest BCUT2D eigenvalue weighted by Crippen LogP contribution is -2.43. The molecule has 1 fully saturated rings. The van der Waals surface area contributed by atoms with E-state index in [2.05, 4.69) is 25.3 Å². The van der Waals surface area contributed by atoms with Crippen LogP contribution in [0.15, 0.2) is 55.0 Å². The Morgan fingerprint density at radius 1 is 1.26 bits per heavy atom. The number of para-hydroxylation sites is 1. The third-order valence-corrected chi connectivity index (χ3v) is 6.22. The van der Waals surface area contributed by atoms with Crippen LogP contribution in [0, 0.1) is 11.7 Å². The maximum absolute atomic E-state index is 14.5. The second-order valence-corrected chi connectivity index (χ2v) is 8.91. The third kappa shape index (κ3) is 5.35. The van der Waals surface area contributed by atoms with Crippen molar-refractivity contribution in [2.45, 2.75) is 12.8 Å². The van der Waals surface area contributed by atoms with Gasteiger partial charge in [-0.3, -0.25) is 4.79 Å². The number of aromatic amines is 1. The molecule has 0 radical (unpaired) electrons. The van der Waals surface area contributed by atoms with Gasteiger partial charge in [0.25, 0.3) is 5.91 Å². The van der Waals surface area contributed by atoms with E-state index < -0.39 is 5.82 Å². The number of carbonyl (C=O) groups excluding carboxylic acids is 1. The fourth-order valence-corrected chi connectivity index (χ4v) is 4.39. The number of aromatic nitrogens is 4. The summed E-state index contributed by atoms with van der Waals surface area (Å²) < 4.78 is 20.1. The maximum Gasteiger partial charge on any atom is 0.260 e. The first kappa shape index (κ1) is 23.0. The van der Waals surface area contributed by atoms with Gasteiger partial charge in [0.2, 0.25) is 0 Å². The standard InChI is InChI=1S/C25H24ClFN6O2/c26-17-9-19-20(12-30-23(19)29-11-17)24-31-13-21(27)25(32-24)28-10-16-5-4-8-33(14-16)22(34)15-35-18-6-2-1-3-7-18/h1-3,6-7,9,11-13,16H,4-5,8,10,14-15H2,(H,29,30)(H,28,31,32)/t16-/m1/s1. The quantitative estimate of drug-likeness (QED) is 0.391. The molecule has 1 amide bonds. The van der Waals surface area contributed by atoms with Gasteiger partial charge in [0, 0.05) is 43.0 Å². The van der Waals surface area contributed by atoms with Gasteiger partial charge in [-0.25, -0.2) is 19.3 Å². The summed E-state index contributed by atoms with van der Waals surface area (Å²) in [5.74, 6) is 0.723. The predicted octanol–water partition coefficient (Wildman–Crippen LogP) is 4.54. The number of nitrogens with zero attached hydrogens (tertiary/aromatic N) is 4. The van der Waals surface area contributed by atoms with Crippen LogP contribution in [0.4, 0.5) is 10.2 Å². The molecule has 1 aromatic carbocycles. The van der Waals surface area contributed by atoms with Crippen molar-refractivity contribution >= 4 is 34.4 Å². The van der Waals surface area contributed by atoms with Crippen molar-refractivity contribution < 1.29 is 13.9 Å². The molecule has 1 aliphatic heterocycles. The van der Waals surface area contributed by atoms with Gasteiger partial charge in [-0.2, -0.15) is 0 Å². The summed E-state index contributed by atoms with van der Waals surface area (Å²) in [6, 6.07) is 11.0. The summed E-state index contributed by atoms with van der Waals surface area (Å²) in [5.41, 5.74) is 1.33. The van der Waals surface area contributed by atoms with Gasteiger partial charge in [-0.1, -0.05) is 29.8 Å². The fourth-order valence-electron chi connectivity index (χ4n) is 4.24. The molecule has 0 aliphatic carbocycles. The highest BCUT2D eigenvalue weighted by molar-refractivity contribution is 6.31. The molecule has 1 atom stereocenters. The van der Waals surface area contributed by atoms with E-state index in [1.807, 2.05) is 35.2 Å². The van der Waals surface area contributed by atoms with Crippen molar-refractivity contribution in [1.29, 1.82) is 0 Å². The second kappa shape index (κ2) is 10.3. The summed E-state index contributed by atoms with van der Waals surface area (Å²) >= 11 is 6.09. The van der Waals surface area contributed by atoms with Crippen LogP contribution in [0.1, 0.15) is 12.8 Å². The van der Waals surface area contributed by atoms with Crippen molar-refractivity contribution in [3.05, 3.63) is 65.8 Å². The minimum absolute atomic E-state index is 0.00243. The SMILES string of the molecule is O=C(COc1ccccc1)N1CCC[C@H](CNc2nc(-c3c[nH]c4ncc(Cl)cc34)ncc2F)C1. The average molecular weight is 495 g/mol. The van der Waals surface area contributed by atoms with E-state index in [4.69, 9.17) is 16.3 Å². The zero-order valence-electron chi connectivity index (χ0n) is 18.9. The Balaban J connectivity index is 1.22. The number of ether oxygens (including phenoxy) is 1. The van der Waals surface area contributed by atoms with Crippen molar-refractivity contribution in [2.24, 2.45) is 5.92 Å². The molecule has 1 aliphatic rings. The molecule has 180 valence electrons. The summed E-state index contributed by atoms with van der Waals surface area (Å²) in [5, 5.41) is 4.36. The molecule has 5 rings (SSSR count). The van der Waals surface area contributed by atoms with E-state index in [-0.39, 0.29) is 24.2 Å². The van der Waals surface area contributed by atoms with Crippen LogP contribution in [0.5, 0.6) is 5.75 Å². The van der Waals surface area contributed by atoms with Crippen LogP contribution in [0.2, 0.25) is 5.02 Å². The summed E-state index contributed by atoms with van der Waals surface area (Å²) in [7, 11) is 0. The number of likely N-dealkylation sites (tertiary alicyclic amines) is 1. The molecule has 0 bridgehead atoms. The average Bonchev–Trinajstić information content (AvgIpc) is 3.30. The van der Waals surface area contributed by atoms with E-state index in [1.165, 1.54) is 0 Å². The highest BCUT2D eigenvalue weighted by atomic mass is 35.5. The number of amides is 1. The number of pyridine rings is 1. The Kier molecular flexibility index (Phi) is 6.76. The molecular formula is C25H24ClFN6O2. The zero-order chi connectivity index (χ0) is 24.2. The smallest absolute Gasteiger partial charge is 0.260 e. The number of H-pyrrole nitrogens is 1. The van der Waals surface area contributed by atoms with E-state index in [0.29, 0.717) is 47.4 Å². The lowest BCUT2D eigenvalue weighted by molar-refractivity contribution is -0.135. The lowest BCUT2D eigenvalue weighted by atomic mass is 9.98. The van der Waals surface area contributed by atoms with E-state index >= 15 is 0 Å². The van der Waals surface area contributed by atoms with Gasteiger partial charge in [0.05, 0.1) is 11.2 Å². The van der Waals surface area contributed by atoms with Crippen molar-refractivity contribution in [3.63, 3.8) is 0 Å². The summed E-state index contributed by atoms with van der Waals surface area (Å²) in [4.78, 5) is 30.3. The van der Waals surface area contributed by atoms with Crippen molar-refractivity contribution in [3.8, 4) is 17.1 Å². The van der Waals surface area contributed by atoms with E-state index in [9.17, 15) is 9.18 Å². The van der Waals surface area contributed by atoms with Crippen LogP contribution < -0.4 is 10.1 Å². The number of hydrogen-bond acceptors (Lipinski definition) is 6. The highest BCUT2D eigenvalue weighted by Crippen LogP contribution is 2.28. The number of nitrogens with one attached hydrogen (secondary N) is 2. The maximum atomic E-state index is 14.5. The third-order valence-electron chi connectivity index (χ3n) is 6.02. The first-order chi connectivity index (χ1) is 17.1. The number of benzene rings is 1. The molecule has 0 spiro atoms. The van der Waals surface area contributed by atoms with Gasteiger partial charge >= 0.3 is 0 Å². The molecule has 35 heavy (non-hydrogen) atoms. The Hall–Kier alpha value is -3.72. The van der Waals surface area contributed by atoms with Crippen LogP contribution in [0.25, 0.3) is 22.4 Å². The van der Waals surface area contributed by atoms with Gasteiger partial charge in [-0.15, -0.1) is 0 Å². The lowest BCUT2D eigenvalue weighted by Gasteiger charge is -2.33. The van der Waals surface area contributed by atoms with E-state index in [0.717, 1.165) is 24.4 Å². The number of hydrogen-bond donors (Lipinski definition) is 2. The molecule has 1 saturated heterocycles. The van der Waals surface area contributed by atoms with Crippen molar-refractivity contribution in [1.82, 2.24) is 24.8 Å². The summed E-state index contributed by atoms with van der Waals surface area (Å²) in [6.45, 7) is 1.75. The van der Waals surface area contributed by atoms with Gasteiger partial charge in [0.1, 0.15) is 11.4 Å². The number of fused-ring (bicyclic) bond motifs is 1. The molecule has 2 N–H and O–H groups in total. The number of anilines is 1. The molecule has 0 unspecified atom stereocenters. The Morgan fingerprint density at radius 3 is 2.97 bits per heavy atom. The number of carbonyl (C=O) groups is 1. The van der Waals surface area contributed by atoms with Crippen LogP contribution in [-0.2, 0) is 4.79 Å². The fraction of sp³-hybridized carbons (Fsp3) is 0.280. The van der Waals surface area contributed by atoms with Crippen LogP contribution in [-0.4, -0.2) is 57.0 Å². The first-order valence-corrected chi connectivity index (χ1v) is 11.8. The minimum Gasteiger partial charge on any atom is -0.484 e. The Labute approximate surface area is 206 Å². The van der Waals surface area contributed by atoms with Crippen LogP contribution >= 0.6 is 11.6 Å². The van der Waals surface area contributed by atoms with Crippen LogP contribution in [0.3, 0.4) is 0 Å². The first-order valence-electron chi connectivity index (χ1n) is 11.4. The Morgan fingerprint density at radius 2 is 2.11 bits per heavy atom. The zero-order valence-corrected chi connectivity index (χ0v) is 19.6. The molecule has 10 heteroatoms. The topological polar surface area (TPSA) is 96.0 Å². The Bertz CT molecular complexity index is 1330. The second-order valence-electron chi connectivity index (χ2n) is 8.47. The van der Waals surface area contributed by atoms with E-state index in [1.54, 1.807) is 18.5 Å². The number of halogens is 2. The molecule has 3 aromatic heterocycles. The molecule has 4 aromatic rings. The molecule has 0 saturated carbocycles. The van der Waals surface area contributed by atoms with Gasteiger partial charge < -0.3 is 19.9 Å². The summed E-state index contributed by atoms with van der Waals surface area (Å²) in [6.07, 6.45) is 6.24.